The van der Waals surface area contributed by atoms with Crippen molar-refractivity contribution in [2.24, 2.45) is 0 Å². The number of aromatic nitrogens is 1. The third-order valence-electron chi connectivity index (χ3n) is 5.28. The van der Waals surface area contributed by atoms with E-state index in [1.165, 1.54) is 88.2 Å². The summed E-state index contributed by atoms with van der Waals surface area (Å²) in [6.07, 6.45) is 9.26. The van der Waals surface area contributed by atoms with Crippen LogP contribution in [0.2, 0.25) is 0 Å². The van der Waals surface area contributed by atoms with Gasteiger partial charge in [0.15, 0.2) is 0 Å². The quantitative estimate of drug-likeness (QED) is 0.825. The van der Waals surface area contributed by atoms with Crippen LogP contribution in [0.15, 0.2) is 12.1 Å². The van der Waals surface area contributed by atoms with Gasteiger partial charge in [0, 0.05) is 24.8 Å². The molecule has 0 aromatic carbocycles. The molecule has 3 heteroatoms. The molecule has 3 nitrogen and oxygen atoms in total. The van der Waals surface area contributed by atoms with Crippen molar-refractivity contribution in [2.45, 2.75) is 64.8 Å². The average Bonchev–Trinajstić information content (AvgIpc) is 2.57. The van der Waals surface area contributed by atoms with E-state index < -0.39 is 0 Å². The minimum absolute atomic E-state index is 0.594. The second kappa shape index (κ2) is 7.45. The zero-order valence-corrected chi connectivity index (χ0v) is 14.4. The Labute approximate surface area is 135 Å². The van der Waals surface area contributed by atoms with E-state index in [0.717, 1.165) is 0 Å². The van der Waals surface area contributed by atoms with E-state index in [1.54, 1.807) is 0 Å². The highest BCUT2D eigenvalue weighted by atomic mass is 15.2. The van der Waals surface area contributed by atoms with Crippen LogP contribution in [0.5, 0.6) is 0 Å². The second-order valence-electron chi connectivity index (χ2n) is 6.94. The molecule has 0 N–H and O–H groups in total. The number of likely N-dealkylation sites (tertiary alicyclic amines) is 1. The number of piperidine rings is 2. The Balaban J connectivity index is 1.78. The van der Waals surface area contributed by atoms with Crippen molar-refractivity contribution in [3.8, 4) is 0 Å². The lowest BCUT2D eigenvalue weighted by molar-refractivity contribution is 0.148. The summed E-state index contributed by atoms with van der Waals surface area (Å²) in [5, 5.41) is 0. The molecule has 1 aromatic heterocycles. The molecular formula is C19H31N3. The Morgan fingerprint density at radius 2 is 1.82 bits per heavy atom. The van der Waals surface area contributed by atoms with Gasteiger partial charge in [-0.1, -0.05) is 19.4 Å². The Morgan fingerprint density at radius 1 is 1.05 bits per heavy atom. The predicted molar refractivity (Wildman–Crippen MR) is 93.5 cm³/mol. The van der Waals surface area contributed by atoms with Crippen LogP contribution < -0.4 is 4.90 Å². The van der Waals surface area contributed by atoms with Gasteiger partial charge in [0.05, 0.1) is 0 Å². The average molecular weight is 301 g/mol. The fourth-order valence-corrected chi connectivity index (χ4v) is 4.11. The van der Waals surface area contributed by atoms with Crippen molar-refractivity contribution >= 4 is 5.82 Å². The molecule has 0 amide bonds. The van der Waals surface area contributed by atoms with Crippen molar-refractivity contribution < 1.29 is 0 Å². The van der Waals surface area contributed by atoms with Gasteiger partial charge in [0.25, 0.3) is 0 Å². The summed E-state index contributed by atoms with van der Waals surface area (Å²) < 4.78 is 0. The zero-order chi connectivity index (χ0) is 15.4. The van der Waals surface area contributed by atoms with E-state index in [4.69, 9.17) is 4.98 Å². The van der Waals surface area contributed by atoms with Crippen molar-refractivity contribution in [1.82, 2.24) is 9.88 Å². The van der Waals surface area contributed by atoms with Gasteiger partial charge in [-0.25, -0.2) is 4.98 Å². The molecule has 3 heterocycles. The number of nitrogens with zero attached hydrogens (tertiary/aromatic N) is 3. The first-order chi connectivity index (χ1) is 10.8. The highest BCUT2D eigenvalue weighted by molar-refractivity contribution is 5.42. The van der Waals surface area contributed by atoms with E-state index in [2.05, 4.69) is 35.8 Å². The van der Waals surface area contributed by atoms with Gasteiger partial charge in [0.1, 0.15) is 5.82 Å². The van der Waals surface area contributed by atoms with E-state index in [-0.39, 0.29) is 0 Å². The first-order valence-corrected chi connectivity index (χ1v) is 9.26. The summed E-state index contributed by atoms with van der Waals surface area (Å²) in [7, 11) is 0. The molecule has 0 unspecified atom stereocenters. The molecule has 0 saturated carbocycles. The molecule has 2 saturated heterocycles. The summed E-state index contributed by atoms with van der Waals surface area (Å²) in [4.78, 5) is 10.1. The summed E-state index contributed by atoms with van der Waals surface area (Å²) >= 11 is 0. The molecule has 0 spiro atoms. The van der Waals surface area contributed by atoms with Crippen LogP contribution in [0.25, 0.3) is 0 Å². The third-order valence-corrected chi connectivity index (χ3v) is 5.28. The smallest absolute Gasteiger partial charge is 0.128 e. The van der Waals surface area contributed by atoms with Crippen LogP contribution in [0.4, 0.5) is 5.82 Å². The van der Waals surface area contributed by atoms with Gasteiger partial charge in [-0.2, -0.15) is 0 Å². The molecule has 0 aliphatic carbocycles. The number of hydrogen-bond donors (Lipinski definition) is 0. The van der Waals surface area contributed by atoms with E-state index in [0.29, 0.717) is 6.04 Å². The molecule has 22 heavy (non-hydrogen) atoms. The first-order valence-electron chi connectivity index (χ1n) is 9.26. The van der Waals surface area contributed by atoms with Gasteiger partial charge in [0.2, 0.25) is 0 Å². The number of anilines is 1. The van der Waals surface area contributed by atoms with Crippen molar-refractivity contribution in [3.05, 3.63) is 23.4 Å². The Bertz CT molecular complexity index is 478. The standard InChI is InChI=1S/C19H31N3/c1-3-12-21-13-8-5-9-18(21)17-10-11-19(20-16(17)2)22-14-6-4-7-15-22/h10-11,18H,3-9,12-15H2,1-2H3/t18-/m0/s1. The van der Waals surface area contributed by atoms with Gasteiger partial charge in [-0.15, -0.1) is 0 Å². The van der Waals surface area contributed by atoms with E-state index >= 15 is 0 Å². The van der Waals surface area contributed by atoms with Crippen molar-refractivity contribution in [1.29, 1.82) is 0 Å². The predicted octanol–water partition coefficient (Wildman–Crippen LogP) is 4.32. The maximum atomic E-state index is 4.97. The van der Waals surface area contributed by atoms with E-state index in [1.807, 2.05) is 0 Å². The molecule has 2 aliphatic heterocycles. The Hall–Kier alpha value is -1.09. The van der Waals surface area contributed by atoms with Gasteiger partial charge < -0.3 is 4.90 Å². The molecule has 2 fully saturated rings. The third kappa shape index (κ3) is 3.45. The SMILES string of the molecule is CCCN1CCCC[C@H]1c1ccc(N2CCCCC2)nc1C. The zero-order valence-electron chi connectivity index (χ0n) is 14.4. The van der Waals surface area contributed by atoms with Crippen molar-refractivity contribution in [3.63, 3.8) is 0 Å². The first kappa shape index (κ1) is 15.8. The maximum Gasteiger partial charge on any atom is 0.128 e. The van der Waals surface area contributed by atoms with Crippen LogP contribution in [0.1, 0.15) is 69.2 Å². The number of aryl methyl sites for hydroxylation is 1. The largest absolute Gasteiger partial charge is 0.357 e. The van der Waals surface area contributed by atoms with Gasteiger partial charge in [-0.3, -0.25) is 4.90 Å². The minimum atomic E-state index is 0.594. The number of pyridine rings is 1. The number of hydrogen-bond acceptors (Lipinski definition) is 3. The lowest BCUT2D eigenvalue weighted by Crippen LogP contribution is -2.35. The lowest BCUT2D eigenvalue weighted by atomic mass is 9.94. The van der Waals surface area contributed by atoms with Crippen LogP contribution in [-0.2, 0) is 0 Å². The topological polar surface area (TPSA) is 19.4 Å². The highest BCUT2D eigenvalue weighted by Crippen LogP contribution is 2.33. The minimum Gasteiger partial charge on any atom is -0.357 e. The maximum absolute atomic E-state index is 4.97. The Morgan fingerprint density at radius 3 is 2.55 bits per heavy atom. The fraction of sp³-hybridized carbons (Fsp3) is 0.737. The summed E-state index contributed by atoms with van der Waals surface area (Å²) in [5.74, 6) is 1.19. The van der Waals surface area contributed by atoms with Crippen LogP contribution in [0, 0.1) is 6.92 Å². The Kier molecular flexibility index (Phi) is 5.35. The van der Waals surface area contributed by atoms with Gasteiger partial charge in [-0.05, 0) is 70.2 Å². The summed E-state index contributed by atoms with van der Waals surface area (Å²) in [5.41, 5.74) is 2.71. The molecule has 1 aromatic rings. The molecule has 2 aliphatic rings. The van der Waals surface area contributed by atoms with Crippen molar-refractivity contribution in [2.75, 3.05) is 31.1 Å². The monoisotopic (exact) mass is 301 g/mol. The van der Waals surface area contributed by atoms with Crippen LogP contribution in [-0.4, -0.2) is 36.1 Å². The molecule has 1 atom stereocenters. The van der Waals surface area contributed by atoms with Gasteiger partial charge >= 0.3 is 0 Å². The lowest BCUT2D eigenvalue weighted by Gasteiger charge is -2.36. The van der Waals surface area contributed by atoms with Crippen LogP contribution >= 0.6 is 0 Å². The summed E-state index contributed by atoms with van der Waals surface area (Å²) in [6, 6.07) is 5.23. The van der Waals surface area contributed by atoms with Crippen LogP contribution in [0.3, 0.4) is 0 Å². The second-order valence-corrected chi connectivity index (χ2v) is 6.94. The normalized spacial score (nSPS) is 23.7. The van der Waals surface area contributed by atoms with E-state index in [9.17, 15) is 0 Å². The molecule has 122 valence electrons. The molecular weight excluding hydrogens is 270 g/mol. The molecule has 0 bridgehead atoms. The molecule has 0 radical (unpaired) electrons. The number of rotatable bonds is 4. The molecule has 3 rings (SSSR count). The summed E-state index contributed by atoms with van der Waals surface area (Å²) in [6.45, 7) is 9.33. The fourth-order valence-electron chi connectivity index (χ4n) is 4.11. The highest BCUT2D eigenvalue weighted by Gasteiger charge is 2.25.